The zero-order valence-electron chi connectivity index (χ0n) is 10.3. The van der Waals surface area contributed by atoms with Crippen LogP contribution >= 0.6 is 11.6 Å². The summed E-state index contributed by atoms with van der Waals surface area (Å²) in [5, 5.41) is 13.9. The molecule has 3 nitrogen and oxygen atoms in total. The number of hydrogen-bond donors (Lipinski definition) is 2. The largest absolute Gasteiger partial charge is 0.387 e. The fraction of sp³-hybridized carbons (Fsp3) is 0.286. The highest BCUT2D eigenvalue weighted by Crippen LogP contribution is 2.21. The van der Waals surface area contributed by atoms with Crippen molar-refractivity contribution in [1.82, 2.24) is 9.88 Å². The number of hydrogen-bond acceptors (Lipinski definition) is 2. The average molecular weight is 265 g/mol. The van der Waals surface area contributed by atoms with E-state index in [0.29, 0.717) is 11.6 Å². The van der Waals surface area contributed by atoms with E-state index in [1.807, 2.05) is 37.5 Å². The molecular weight excluding hydrogens is 248 g/mol. The SMILES string of the molecule is Cn1cccc1CNCC(O)c1ccccc1Cl. The van der Waals surface area contributed by atoms with Gasteiger partial charge in [0.1, 0.15) is 0 Å². The van der Waals surface area contributed by atoms with Crippen molar-refractivity contribution in [3.63, 3.8) is 0 Å². The Morgan fingerprint density at radius 2 is 2.06 bits per heavy atom. The predicted molar refractivity (Wildman–Crippen MR) is 73.5 cm³/mol. The molecule has 0 radical (unpaired) electrons. The smallest absolute Gasteiger partial charge is 0.0928 e. The Morgan fingerprint density at radius 3 is 2.72 bits per heavy atom. The van der Waals surface area contributed by atoms with E-state index >= 15 is 0 Å². The van der Waals surface area contributed by atoms with Crippen molar-refractivity contribution in [3.8, 4) is 0 Å². The maximum atomic E-state index is 10.0. The van der Waals surface area contributed by atoms with Crippen molar-refractivity contribution in [1.29, 1.82) is 0 Å². The molecule has 2 N–H and O–H groups in total. The predicted octanol–water partition coefficient (Wildman–Crippen LogP) is 2.50. The molecule has 0 bridgehead atoms. The van der Waals surface area contributed by atoms with Gasteiger partial charge in [0, 0.05) is 42.6 Å². The minimum atomic E-state index is -0.584. The second-order valence-electron chi connectivity index (χ2n) is 4.28. The number of nitrogens with one attached hydrogen (secondary N) is 1. The molecule has 0 aliphatic heterocycles. The summed E-state index contributed by atoms with van der Waals surface area (Å²) in [5.41, 5.74) is 1.94. The molecule has 1 atom stereocenters. The highest BCUT2D eigenvalue weighted by Gasteiger charge is 2.10. The zero-order chi connectivity index (χ0) is 13.0. The van der Waals surface area contributed by atoms with Gasteiger partial charge in [0.05, 0.1) is 6.10 Å². The molecule has 2 rings (SSSR count). The first-order valence-electron chi connectivity index (χ1n) is 5.92. The van der Waals surface area contributed by atoms with E-state index in [2.05, 4.69) is 16.0 Å². The lowest BCUT2D eigenvalue weighted by Crippen LogP contribution is -2.22. The standard InChI is InChI=1S/C14H17ClN2O/c1-17-8-4-5-11(17)9-16-10-14(18)12-6-2-3-7-13(12)15/h2-8,14,16,18H,9-10H2,1H3. The average Bonchev–Trinajstić information content (AvgIpc) is 2.75. The van der Waals surface area contributed by atoms with Gasteiger partial charge in [-0.15, -0.1) is 0 Å². The summed E-state index contributed by atoms with van der Waals surface area (Å²) in [4.78, 5) is 0. The third-order valence-corrected chi connectivity index (χ3v) is 3.30. The lowest BCUT2D eigenvalue weighted by molar-refractivity contribution is 0.174. The van der Waals surface area contributed by atoms with Crippen LogP contribution in [0.2, 0.25) is 5.02 Å². The minimum absolute atomic E-state index is 0.481. The van der Waals surface area contributed by atoms with Crippen molar-refractivity contribution >= 4 is 11.6 Å². The third-order valence-electron chi connectivity index (χ3n) is 2.96. The normalized spacial score (nSPS) is 12.6. The van der Waals surface area contributed by atoms with Crippen LogP contribution in [0.4, 0.5) is 0 Å². The van der Waals surface area contributed by atoms with E-state index in [1.165, 1.54) is 5.69 Å². The third kappa shape index (κ3) is 3.13. The molecular formula is C14H17ClN2O. The molecule has 1 unspecified atom stereocenters. The number of aromatic nitrogens is 1. The second-order valence-corrected chi connectivity index (χ2v) is 4.69. The molecule has 0 spiro atoms. The lowest BCUT2D eigenvalue weighted by Gasteiger charge is -2.13. The van der Waals surface area contributed by atoms with E-state index < -0.39 is 6.10 Å². The first-order chi connectivity index (χ1) is 8.68. The van der Waals surface area contributed by atoms with E-state index in [4.69, 9.17) is 11.6 Å². The van der Waals surface area contributed by atoms with Crippen LogP contribution in [0.3, 0.4) is 0 Å². The van der Waals surface area contributed by atoms with E-state index in [0.717, 1.165) is 12.1 Å². The van der Waals surface area contributed by atoms with Crippen LogP contribution in [0.15, 0.2) is 42.6 Å². The fourth-order valence-corrected chi connectivity index (χ4v) is 2.13. The van der Waals surface area contributed by atoms with Crippen molar-refractivity contribution in [3.05, 3.63) is 58.9 Å². The minimum Gasteiger partial charge on any atom is -0.387 e. The van der Waals surface area contributed by atoms with E-state index in [9.17, 15) is 5.11 Å². The molecule has 1 aromatic carbocycles. The molecule has 0 amide bonds. The number of nitrogens with zero attached hydrogens (tertiary/aromatic N) is 1. The summed E-state index contributed by atoms with van der Waals surface area (Å²) in [6.07, 6.45) is 1.42. The van der Waals surface area contributed by atoms with E-state index in [1.54, 1.807) is 6.07 Å². The topological polar surface area (TPSA) is 37.2 Å². The monoisotopic (exact) mass is 264 g/mol. The Bertz CT molecular complexity index is 510. The van der Waals surface area contributed by atoms with Gasteiger partial charge in [-0.05, 0) is 18.2 Å². The number of benzene rings is 1. The van der Waals surface area contributed by atoms with Gasteiger partial charge in [-0.1, -0.05) is 29.8 Å². The molecule has 0 saturated heterocycles. The maximum Gasteiger partial charge on any atom is 0.0928 e. The van der Waals surface area contributed by atoms with Gasteiger partial charge in [0.2, 0.25) is 0 Å². The maximum absolute atomic E-state index is 10.0. The highest BCUT2D eigenvalue weighted by atomic mass is 35.5. The van der Waals surface area contributed by atoms with Gasteiger partial charge in [0.15, 0.2) is 0 Å². The van der Waals surface area contributed by atoms with Gasteiger partial charge in [-0.3, -0.25) is 0 Å². The molecule has 0 aliphatic rings. The molecule has 0 aliphatic carbocycles. The second kappa shape index (κ2) is 6.05. The highest BCUT2D eigenvalue weighted by molar-refractivity contribution is 6.31. The van der Waals surface area contributed by atoms with Crippen LogP contribution in [-0.2, 0) is 13.6 Å². The van der Waals surface area contributed by atoms with Crippen LogP contribution in [0.5, 0.6) is 0 Å². The molecule has 2 aromatic rings. The summed E-state index contributed by atoms with van der Waals surface area (Å²) >= 11 is 6.03. The van der Waals surface area contributed by atoms with Crippen molar-refractivity contribution in [2.24, 2.45) is 7.05 Å². The summed E-state index contributed by atoms with van der Waals surface area (Å²) in [6.45, 7) is 1.21. The Hall–Kier alpha value is -1.29. The van der Waals surface area contributed by atoms with Crippen LogP contribution in [-0.4, -0.2) is 16.2 Å². The fourth-order valence-electron chi connectivity index (χ4n) is 1.87. The molecule has 1 aromatic heterocycles. The summed E-state index contributed by atoms with van der Waals surface area (Å²) in [6, 6.07) is 11.4. The Morgan fingerprint density at radius 1 is 1.28 bits per heavy atom. The van der Waals surface area contributed by atoms with Crippen molar-refractivity contribution in [2.45, 2.75) is 12.6 Å². The summed E-state index contributed by atoms with van der Waals surface area (Å²) in [7, 11) is 2.00. The number of rotatable bonds is 5. The number of aliphatic hydroxyl groups is 1. The van der Waals surface area contributed by atoms with Crippen molar-refractivity contribution < 1.29 is 5.11 Å². The molecule has 0 fully saturated rings. The van der Waals surface area contributed by atoms with Crippen LogP contribution in [0.25, 0.3) is 0 Å². The van der Waals surface area contributed by atoms with Gasteiger partial charge in [-0.25, -0.2) is 0 Å². The number of halogens is 1. The molecule has 18 heavy (non-hydrogen) atoms. The van der Waals surface area contributed by atoms with Gasteiger partial charge < -0.3 is 15.0 Å². The summed E-state index contributed by atoms with van der Waals surface area (Å²) in [5.74, 6) is 0. The van der Waals surface area contributed by atoms with Gasteiger partial charge in [0.25, 0.3) is 0 Å². The quantitative estimate of drug-likeness (QED) is 0.871. The van der Waals surface area contributed by atoms with Crippen LogP contribution in [0, 0.1) is 0 Å². The van der Waals surface area contributed by atoms with Gasteiger partial charge >= 0.3 is 0 Å². The van der Waals surface area contributed by atoms with Crippen LogP contribution in [0.1, 0.15) is 17.4 Å². The molecule has 0 saturated carbocycles. The molecule has 96 valence electrons. The molecule has 1 heterocycles. The first kappa shape index (κ1) is 13.1. The summed E-state index contributed by atoms with van der Waals surface area (Å²) < 4.78 is 2.05. The number of aliphatic hydroxyl groups excluding tert-OH is 1. The van der Waals surface area contributed by atoms with Crippen LogP contribution < -0.4 is 5.32 Å². The lowest BCUT2D eigenvalue weighted by atomic mass is 10.1. The Labute approximate surface area is 112 Å². The first-order valence-corrected chi connectivity index (χ1v) is 6.29. The van der Waals surface area contributed by atoms with Gasteiger partial charge in [-0.2, -0.15) is 0 Å². The van der Waals surface area contributed by atoms with Crippen molar-refractivity contribution in [2.75, 3.05) is 6.54 Å². The molecule has 4 heteroatoms. The Balaban J connectivity index is 1.87. The Kier molecular flexibility index (Phi) is 4.42. The zero-order valence-corrected chi connectivity index (χ0v) is 11.1. The number of aryl methyl sites for hydroxylation is 1. The van der Waals surface area contributed by atoms with E-state index in [-0.39, 0.29) is 0 Å².